The fourth-order valence-electron chi connectivity index (χ4n) is 5.56. The van der Waals surface area contributed by atoms with Crippen molar-refractivity contribution in [1.82, 2.24) is 19.9 Å². The fourth-order valence-corrected chi connectivity index (χ4v) is 5.56. The van der Waals surface area contributed by atoms with Crippen LogP contribution >= 0.6 is 0 Å². The molecular formula is C40H26N4. The molecule has 0 saturated carbocycles. The first-order valence-electron chi connectivity index (χ1n) is 14.6. The number of fused-ring (bicyclic) bond motifs is 2. The first kappa shape index (κ1) is 25.7. The molecule has 4 heteroatoms. The number of aromatic nitrogens is 4. The summed E-state index contributed by atoms with van der Waals surface area (Å²) in [7, 11) is 0. The van der Waals surface area contributed by atoms with Crippen molar-refractivity contribution in [3.63, 3.8) is 0 Å². The van der Waals surface area contributed by atoms with Crippen molar-refractivity contribution in [2.45, 2.75) is 0 Å². The maximum Gasteiger partial charge on any atom is 0.160 e. The summed E-state index contributed by atoms with van der Waals surface area (Å²) < 4.78 is 0. The molecule has 0 N–H and O–H groups in total. The van der Waals surface area contributed by atoms with Gasteiger partial charge >= 0.3 is 0 Å². The van der Waals surface area contributed by atoms with E-state index in [1.165, 1.54) is 0 Å². The summed E-state index contributed by atoms with van der Waals surface area (Å²) in [6, 6.07) is 53.9. The van der Waals surface area contributed by atoms with Crippen LogP contribution in [0.15, 0.2) is 158 Å². The van der Waals surface area contributed by atoms with Crippen molar-refractivity contribution in [1.29, 1.82) is 0 Å². The summed E-state index contributed by atoms with van der Waals surface area (Å²) in [5.41, 5.74) is 10.6. The summed E-state index contributed by atoms with van der Waals surface area (Å²) >= 11 is 0. The van der Waals surface area contributed by atoms with Gasteiger partial charge in [-0.3, -0.25) is 0 Å². The van der Waals surface area contributed by atoms with Crippen LogP contribution in [0.25, 0.3) is 78.2 Å². The van der Waals surface area contributed by atoms with Gasteiger partial charge in [0.2, 0.25) is 0 Å². The van der Waals surface area contributed by atoms with E-state index in [1.807, 2.05) is 78.9 Å². The van der Waals surface area contributed by atoms with Crippen molar-refractivity contribution < 1.29 is 0 Å². The van der Waals surface area contributed by atoms with E-state index in [2.05, 4.69) is 78.9 Å². The third kappa shape index (κ3) is 4.99. The molecule has 4 nitrogen and oxygen atoms in total. The molecule has 206 valence electrons. The zero-order valence-electron chi connectivity index (χ0n) is 23.8. The smallest absolute Gasteiger partial charge is 0.160 e. The highest BCUT2D eigenvalue weighted by Gasteiger charge is 2.12. The number of hydrogen-bond donors (Lipinski definition) is 0. The quantitative estimate of drug-likeness (QED) is 0.209. The Labute approximate surface area is 255 Å². The molecule has 8 aromatic rings. The molecule has 0 aliphatic heterocycles. The van der Waals surface area contributed by atoms with E-state index in [9.17, 15) is 0 Å². The van der Waals surface area contributed by atoms with E-state index in [0.29, 0.717) is 5.82 Å². The lowest BCUT2D eigenvalue weighted by atomic mass is 10.0. The Kier molecular flexibility index (Phi) is 6.43. The predicted molar refractivity (Wildman–Crippen MR) is 180 cm³/mol. The van der Waals surface area contributed by atoms with Gasteiger partial charge in [0, 0.05) is 27.5 Å². The number of nitrogens with zero attached hydrogens (tertiary/aromatic N) is 4. The first-order chi connectivity index (χ1) is 21.8. The zero-order chi connectivity index (χ0) is 29.3. The van der Waals surface area contributed by atoms with Crippen molar-refractivity contribution in [3.8, 4) is 56.4 Å². The molecule has 8 rings (SSSR count). The molecule has 0 spiro atoms. The highest BCUT2D eigenvalue weighted by atomic mass is 14.9. The Morgan fingerprint density at radius 2 is 0.727 bits per heavy atom. The van der Waals surface area contributed by atoms with Gasteiger partial charge < -0.3 is 0 Å². The van der Waals surface area contributed by atoms with Crippen molar-refractivity contribution in [2.75, 3.05) is 0 Å². The lowest BCUT2D eigenvalue weighted by molar-refractivity contribution is 1.17. The van der Waals surface area contributed by atoms with Gasteiger partial charge in [-0.2, -0.15) is 0 Å². The highest BCUT2D eigenvalue weighted by molar-refractivity contribution is 5.90. The van der Waals surface area contributed by atoms with Gasteiger partial charge in [0.05, 0.1) is 33.8 Å². The van der Waals surface area contributed by atoms with Crippen molar-refractivity contribution in [3.05, 3.63) is 158 Å². The number of pyridine rings is 2. The summed E-state index contributed by atoms with van der Waals surface area (Å²) in [6.07, 6.45) is 0. The Balaban J connectivity index is 1.21. The van der Waals surface area contributed by atoms with Gasteiger partial charge in [0.15, 0.2) is 5.82 Å². The SMILES string of the molecule is c1ccc(-c2cc(-c3ccc4ccc(-c5ccc6ccc(-c7ccccc7)nc6c5)cc4n3)nc(-c3ccccc3)n2)cc1. The normalized spacial score (nSPS) is 11.2. The van der Waals surface area contributed by atoms with Crippen LogP contribution in [0.5, 0.6) is 0 Å². The van der Waals surface area contributed by atoms with Crippen LogP contribution < -0.4 is 0 Å². The van der Waals surface area contributed by atoms with Crippen LogP contribution in [0, 0.1) is 0 Å². The molecule has 5 aromatic carbocycles. The van der Waals surface area contributed by atoms with E-state index < -0.39 is 0 Å². The van der Waals surface area contributed by atoms with Crippen LogP contribution in [0.2, 0.25) is 0 Å². The minimum absolute atomic E-state index is 0.677. The largest absolute Gasteiger partial charge is 0.248 e. The Hall–Kier alpha value is -6.00. The molecule has 0 unspecified atom stereocenters. The van der Waals surface area contributed by atoms with E-state index in [0.717, 1.165) is 72.4 Å². The standard InChI is InChI=1S/C40H26N4/c1-4-10-27(11-5-1)34-22-20-29-16-18-32(24-36(29)41-34)33-19-17-30-21-23-35(42-37(30)25-33)39-26-38(28-12-6-2-7-13-28)43-40(44-39)31-14-8-3-9-15-31/h1-26H. The molecule has 0 radical (unpaired) electrons. The Morgan fingerprint density at radius 1 is 0.273 bits per heavy atom. The molecule has 0 aliphatic carbocycles. The molecule has 0 saturated heterocycles. The van der Waals surface area contributed by atoms with E-state index in [4.69, 9.17) is 19.9 Å². The molecule has 0 amide bonds. The molecule has 0 atom stereocenters. The maximum absolute atomic E-state index is 5.11. The number of hydrogen-bond acceptors (Lipinski definition) is 4. The van der Waals surface area contributed by atoms with Crippen LogP contribution in [0.1, 0.15) is 0 Å². The topological polar surface area (TPSA) is 51.6 Å². The van der Waals surface area contributed by atoms with Crippen LogP contribution in [0.4, 0.5) is 0 Å². The first-order valence-corrected chi connectivity index (χ1v) is 14.6. The molecular weight excluding hydrogens is 536 g/mol. The molecule has 3 aromatic heterocycles. The van der Waals surface area contributed by atoms with Crippen molar-refractivity contribution in [2.24, 2.45) is 0 Å². The van der Waals surface area contributed by atoms with Crippen LogP contribution in [-0.2, 0) is 0 Å². The molecule has 0 fully saturated rings. The molecule has 0 bridgehead atoms. The maximum atomic E-state index is 5.11. The van der Waals surface area contributed by atoms with Crippen LogP contribution in [-0.4, -0.2) is 19.9 Å². The van der Waals surface area contributed by atoms with Gasteiger partial charge in [-0.05, 0) is 41.5 Å². The summed E-state index contributed by atoms with van der Waals surface area (Å²) in [6.45, 7) is 0. The van der Waals surface area contributed by atoms with Gasteiger partial charge in [0.25, 0.3) is 0 Å². The Morgan fingerprint density at radius 3 is 1.32 bits per heavy atom. The minimum atomic E-state index is 0.677. The van der Waals surface area contributed by atoms with Gasteiger partial charge in [-0.15, -0.1) is 0 Å². The average molecular weight is 563 g/mol. The Bertz CT molecular complexity index is 2210. The van der Waals surface area contributed by atoms with E-state index >= 15 is 0 Å². The molecule has 44 heavy (non-hydrogen) atoms. The minimum Gasteiger partial charge on any atom is -0.248 e. The fraction of sp³-hybridized carbons (Fsp3) is 0. The zero-order valence-corrected chi connectivity index (χ0v) is 23.8. The van der Waals surface area contributed by atoms with Crippen LogP contribution in [0.3, 0.4) is 0 Å². The van der Waals surface area contributed by atoms with Gasteiger partial charge in [0.1, 0.15) is 0 Å². The second-order valence-electron chi connectivity index (χ2n) is 10.8. The second-order valence-corrected chi connectivity index (χ2v) is 10.8. The second kappa shape index (κ2) is 11.0. The lowest BCUT2D eigenvalue weighted by Crippen LogP contribution is -1.97. The summed E-state index contributed by atoms with van der Waals surface area (Å²) in [5.74, 6) is 0.677. The third-order valence-electron chi connectivity index (χ3n) is 7.88. The van der Waals surface area contributed by atoms with Crippen molar-refractivity contribution >= 4 is 21.8 Å². The number of benzene rings is 5. The van der Waals surface area contributed by atoms with Gasteiger partial charge in [-0.25, -0.2) is 19.9 Å². The van der Waals surface area contributed by atoms with Gasteiger partial charge in [-0.1, -0.05) is 127 Å². The summed E-state index contributed by atoms with van der Waals surface area (Å²) in [5, 5.41) is 2.19. The van der Waals surface area contributed by atoms with E-state index in [1.54, 1.807) is 0 Å². The van der Waals surface area contributed by atoms with E-state index in [-0.39, 0.29) is 0 Å². The third-order valence-corrected chi connectivity index (χ3v) is 7.88. The monoisotopic (exact) mass is 562 g/mol. The average Bonchev–Trinajstić information content (AvgIpc) is 3.11. The highest BCUT2D eigenvalue weighted by Crippen LogP contribution is 2.31. The lowest BCUT2D eigenvalue weighted by Gasteiger charge is -2.10. The molecule has 3 heterocycles. The molecule has 0 aliphatic rings. The summed E-state index contributed by atoms with van der Waals surface area (Å²) in [4.78, 5) is 20.0. The number of rotatable bonds is 5. The predicted octanol–water partition coefficient (Wildman–Crippen LogP) is 9.91.